The average Bonchev–Trinajstić information content (AvgIpc) is 3.75. The topological polar surface area (TPSA) is 80.9 Å². The van der Waals surface area contributed by atoms with Crippen LogP contribution >= 0.6 is 27.3 Å². The van der Waals surface area contributed by atoms with Crippen molar-refractivity contribution < 1.29 is 13.6 Å². The van der Waals surface area contributed by atoms with E-state index in [0.717, 1.165) is 43.9 Å². The Labute approximate surface area is 254 Å². The number of nitrogens with one attached hydrogen (secondary N) is 1. The molecule has 0 aliphatic carbocycles. The molecular formula is C30H28BrF2N7OS. The lowest BCUT2D eigenvalue weighted by Crippen LogP contribution is -2.41. The predicted octanol–water partition coefficient (Wildman–Crippen LogP) is 5.41. The van der Waals surface area contributed by atoms with E-state index < -0.39 is 11.6 Å². The minimum absolute atomic E-state index is 0.0913. The molecule has 1 aliphatic rings. The molecular weight excluding hydrogens is 624 g/mol. The van der Waals surface area contributed by atoms with Gasteiger partial charge in [-0.15, -0.1) is 11.3 Å². The molecule has 1 amide bonds. The number of hydrogen-bond acceptors (Lipinski definition) is 6. The Hall–Kier alpha value is -3.74. The number of amides is 1. The molecule has 1 saturated heterocycles. The number of aromatic nitrogens is 5. The monoisotopic (exact) mass is 651 g/mol. The number of hydrogen-bond donors (Lipinski definition) is 1. The van der Waals surface area contributed by atoms with Crippen molar-refractivity contribution in [2.24, 2.45) is 7.05 Å². The fraction of sp³-hybridized carbons (Fsp3) is 0.267. The van der Waals surface area contributed by atoms with Crippen molar-refractivity contribution in [1.29, 1.82) is 0 Å². The minimum atomic E-state index is -0.898. The molecule has 3 aromatic heterocycles. The van der Waals surface area contributed by atoms with Gasteiger partial charge in [-0.25, -0.2) is 18.4 Å². The number of benzene rings is 2. The van der Waals surface area contributed by atoms with Gasteiger partial charge < -0.3 is 5.32 Å². The minimum Gasteiger partial charge on any atom is -0.351 e. The maximum atomic E-state index is 14.2. The van der Waals surface area contributed by atoms with Gasteiger partial charge in [0.2, 0.25) is 5.91 Å². The molecule has 0 saturated carbocycles. The highest BCUT2D eigenvalue weighted by atomic mass is 79.9. The summed E-state index contributed by atoms with van der Waals surface area (Å²) in [5.74, 6) is -2.19. The summed E-state index contributed by atoms with van der Waals surface area (Å²) in [7, 11) is 1.85. The van der Waals surface area contributed by atoms with Gasteiger partial charge in [0.25, 0.3) is 0 Å². The highest BCUT2D eigenvalue weighted by Gasteiger charge is 2.36. The van der Waals surface area contributed by atoms with E-state index in [9.17, 15) is 13.6 Å². The number of carbonyl (C=O) groups is 1. The van der Waals surface area contributed by atoms with E-state index in [1.54, 1.807) is 16.9 Å². The summed E-state index contributed by atoms with van der Waals surface area (Å²) in [6, 6.07) is 13.4. The molecule has 2 atom stereocenters. The van der Waals surface area contributed by atoms with Crippen LogP contribution in [0, 0.1) is 18.6 Å². The Morgan fingerprint density at radius 2 is 1.95 bits per heavy atom. The molecule has 216 valence electrons. The third-order valence-electron chi connectivity index (χ3n) is 7.57. The Morgan fingerprint density at radius 1 is 1.14 bits per heavy atom. The number of para-hydroxylation sites is 1. The van der Waals surface area contributed by atoms with Crippen LogP contribution in [0.3, 0.4) is 0 Å². The van der Waals surface area contributed by atoms with Gasteiger partial charge >= 0.3 is 0 Å². The number of rotatable bonds is 8. The van der Waals surface area contributed by atoms with Gasteiger partial charge in [-0.05, 0) is 58.2 Å². The van der Waals surface area contributed by atoms with E-state index >= 15 is 0 Å². The van der Waals surface area contributed by atoms with Crippen molar-refractivity contribution in [2.75, 3.05) is 13.1 Å². The van der Waals surface area contributed by atoms with E-state index in [1.165, 1.54) is 17.4 Å². The maximum absolute atomic E-state index is 14.2. The average molecular weight is 653 g/mol. The largest absolute Gasteiger partial charge is 0.351 e. The summed E-state index contributed by atoms with van der Waals surface area (Å²) >= 11 is 4.92. The van der Waals surface area contributed by atoms with Crippen molar-refractivity contribution in [3.63, 3.8) is 0 Å². The second-order valence-corrected chi connectivity index (χ2v) is 12.6. The number of carbonyl (C=O) groups excluding carboxylic acids is 1. The van der Waals surface area contributed by atoms with Crippen LogP contribution in [0.15, 0.2) is 70.2 Å². The Balaban J connectivity index is 1.28. The van der Waals surface area contributed by atoms with Crippen molar-refractivity contribution in [2.45, 2.75) is 31.8 Å². The first-order valence-corrected chi connectivity index (χ1v) is 15.1. The normalized spacial score (nSPS) is 17.2. The molecule has 1 aliphatic heterocycles. The molecule has 8 nitrogen and oxygen atoms in total. The fourth-order valence-corrected chi connectivity index (χ4v) is 6.61. The van der Waals surface area contributed by atoms with E-state index in [-0.39, 0.29) is 24.3 Å². The molecule has 42 heavy (non-hydrogen) atoms. The van der Waals surface area contributed by atoms with Crippen LogP contribution in [0.2, 0.25) is 0 Å². The summed E-state index contributed by atoms with van der Waals surface area (Å²) in [6.45, 7) is 3.66. The molecule has 1 N–H and O–H groups in total. The highest BCUT2D eigenvalue weighted by molar-refractivity contribution is 9.11. The van der Waals surface area contributed by atoms with Gasteiger partial charge in [-0.2, -0.15) is 10.2 Å². The van der Waals surface area contributed by atoms with E-state index in [0.29, 0.717) is 25.2 Å². The van der Waals surface area contributed by atoms with Gasteiger partial charge in [0.1, 0.15) is 0 Å². The molecule has 4 heterocycles. The van der Waals surface area contributed by atoms with Crippen molar-refractivity contribution in [1.82, 2.24) is 34.8 Å². The molecule has 12 heteroatoms. The first-order valence-electron chi connectivity index (χ1n) is 13.4. The van der Waals surface area contributed by atoms with E-state index in [4.69, 9.17) is 5.10 Å². The Morgan fingerprint density at radius 3 is 2.64 bits per heavy atom. The van der Waals surface area contributed by atoms with Crippen LogP contribution in [0.5, 0.6) is 0 Å². The fourth-order valence-electron chi connectivity index (χ4n) is 5.57. The Bertz CT molecular complexity index is 1730. The number of halogens is 3. The summed E-state index contributed by atoms with van der Waals surface area (Å²) in [5.41, 5.74) is 5.68. The van der Waals surface area contributed by atoms with Gasteiger partial charge in [0.05, 0.1) is 35.4 Å². The quantitative estimate of drug-likeness (QED) is 0.243. The van der Waals surface area contributed by atoms with Crippen molar-refractivity contribution in [3.8, 4) is 16.9 Å². The van der Waals surface area contributed by atoms with Gasteiger partial charge in [-0.3, -0.25) is 14.4 Å². The molecule has 2 aromatic carbocycles. The summed E-state index contributed by atoms with van der Waals surface area (Å²) < 4.78 is 32.3. The van der Waals surface area contributed by atoms with Crippen LogP contribution in [0.4, 0.5) is 8.78 Å². The molecule has 0 bridgehead atoms. The number of likely N-dealkylation sites (tertiary alicyclic amines) is 1. The molecule has 1 fully saturated rings. The van der Waals surface area contributed by atoms with Crippen molar-refractivity contribution >= 4 is 33.2 Å². The summed E-state index contributed by atoms with van der Waals surface area (Å²) in [4.78, 5) is 20.4. The lowest BCUT2D eigenvalue weighted by atomic mass is 9.94. The molecule has 0 unspecified atom stereocenters. The van der Waals surface area contributed by atoms with Crippen LogP contribution < -0.4 is 5.32 Å². The number of nitrogens with zero attached hydrogens (tertiary/aromatic N) is 6. The second kappa shape index (κ2) is 11.9. The van der Waals surface area contributed by atoms with Crippen LogP contribution in [-0.4, -0.2) is 54.5 Å². The van der Waals surface area contributed by atoms with E-state index in [2.05, 4.69) is 36.2 Å². The first-order chi connectivity index (χ1) is 20.2. The molecule has 5 aromatic rings. The van der Waals surface area contributed by atoms with Gasteiger partial charge in [-0.1, -0.05) is 24.3 Å². The molecule has 0 radical (unpaired) electrons. The van der Waals surface area contributed by atoms with Crippen LogP contribution in [-0.2, 0) is 24.8 Å². The van der Waals surface area contributed by atoms with E-state index in [1.807, 2.05) is 60.6 Å². The Kier molecular flexibility index (Phi) is 8.02. The van der Waals surface area contributed by atoms with Crippen LogP contribution in [0.1, 0.15) is 28.4 Å². The summed E-state index contributed by atoms with van der Waals surface area (Å²) in [6.07, 6.45) is 3.75. The standard InChI is InChI=1S/C30H28BrF2N7OS/c1-18-27(40(22-6-4-3-5-7-22)37-29(18)20-12-34-38(2)13-20)11-28(41)36-26-16-39(14-21-17-42-30(31)35-21)15-23(26)19-8-9-24(32)25(33)10-19/h3-10,12-13,17,23,26H,11,14-16H2,1-2H3,(H,36,41)/t23-,26+/m0/s1. The summed E-state index contributed by atoms with van der Waals surface area (Å²) in [5, 5.41) is 14.4. The third-order valence-corrected chi connectivity index (χ3v) is 8.99. The van der Waals surface area contributed by atoms with Crippen LogP contribution in [0.25, 0.3) is 16.9 Å². The zero-order valence-corrected chi connectivity index (χ0v) is 25.4. The number of thiazole rings is 1. The van der Waals surface area contributed by atoms with Crippen molar-refractivity contribution in [3.05, 3.63) is 104 Å². The third kappa shape index (κ3) is 5.92. The van der Waals surface area contributed by atoms with Gasteiger partial charge in [0.15, 0.2) is 15.6 Å². The second-order valence-electron chi connectivity index (χ2n) is 10.5. The predicted molar refractivity (Wildman–Crippen MR) is 160 cm³/mol. The lowest BCUT2D eigenvalue weighted by molar-refractivity contribution is -0.121. The zero-order valence-electron chi connectivity index (χ0n) is 23.0. The SMILES string of the molecule is Cc1c(-c2cnn(C)c2)nn(-c2ccccc2)c1CC(=O)N[C@@H]1CN(Cc2csc(Br)n2)C[C@H]1c1ccc(F)c(F)c1. The number of aryl methyl sites for hydroxylation is 1. The molecule has 0 spiro atoms. The molecule has 6 rings (SSSR count). The first kappa shape index (κ1) is 28.4. The lowest BCUT2D eigenvalue weighted by Gasteiger charge is -2.21. The smallest absolute Gasteiger partial charge is 0.226 e. The van der Waals surface area contributed by atoms with Gasteiger partial charge in [0, 0.05) is 55.8 Å². The zero-order chi connectivity index (χ0) is 29.4. The maximum Gasteiger partial charge on any atom is 0.226 e. The highest BCUT2D eigenvalue weighted by Crippen LogP contribution is 2.31.